The number of esters is 1. The van der Waals surface area contributed by atoms with E-state index in [9.17, 15) is 9.59 Å². The molecule has 0 spiro atoms. The van der Waals surface area contributed by atoms with Crippen molar-refractivity contribution in [2.75, 3.05) is 13.7 Å². The van der Waals surface area contributed by atoms with Crippen molar-refractivity contribution in [1.82, 2.24) is 5.32 Å². The molecule has 19 heavy (non-hydrogen) atoms. The number of hydrogen-bond acceptors (Lipinski definition) is 5. The van der Waals surface area contributed by atoms with Crippen LogP contribution in [0.4, 0.5) is 0 Å². The zero-order valence-electron chi connectivity index (χ0n) is 11.9. The van der Waals surface area contributed by atoms with Gasteiger partial charge in [-0.3, -0.25) is 4.79 Å². The molecule has 108 valence electrons. The fourth-order valence-electron chi connectivity index (χ4n) is 3.40. The van der Waals surface area contributed by atoms with Crippen LogP contribution in [0, 0.1) is 11.3 Å². The smallest absolute Gasteiger partial charge is 0.328 e. The molecular weight excluding hydrogens is 248 g/mol. The Hall–Kier alpha value is -1.14. The zero-order valence-corrected chi connectivity index (χ0v) is 11.9. The van der Waals surface area contributed by atoms with Crippen molar-refractivity contribution in [2.24, 2.45) is 17.1 Å². The van der Waals surface area contributed by atoms with Gasteiger partial charge in [0.15, 0.2) is 0 Å². The zero-order chi connectivity index (χ0) is 14.4. The average molecular weight is 270 g/mol. The first-order chi connectivity index (χ1) is 8.76. The van der Waals surface area contributed by atoms with Crippen LogP contribution in [0.2, 0.25) is 0 Å². The molecule has 1 amide bonds. The van der Waals surface area contributed by atoms with Crippen molar-refractivity contribution < 1.29 is 19.1 Å². The number of amides is 1. The third-order valence-electron chi connectivity index (χ3n) is 4.73. The molecule has 0 aromatic rings. The van der Waals surface area contributed by atoms with Crippen LogP contribution in [0.1, 0.15) is 27.2 Å². The summed E-state index contributed by atoms with van der Waals surface area (Å²) in [5, 5.41) is 2.65. The predicted molar refractivity (Wildman–Crippen MR) is 68.2 cm³/mol. The molecule has 1 saturated heterocycles. The Kier molecular flexibility index (Phi) is 3.35. The van der Waals surface area contributed by atoms with Gasteiger partial charge in [-0.1, -0.05) is 13.8 Å². The molecule has 1 saturated carbocycles. The molecule has 3 N–H and O–H groups in total. The van der Waals surface area contributed by atoms with Crippen LogP contribution in [0.5, 0.6) is 0 Å². The maximum atomic E-state index is 12.4. The highest BCUT2D eigenvalue weighted by Gasteiger charge is 2.71. The summed E-state index contributed by atoms with van der Waals surface area (Å²) < 4.78 is 10.2. The van der Waals surface area contributed by atoms with Gasteiger partial charge in [0.2, 0.25) is 5.91 Å². The van der Waals surface area contributed by atoms with Crippen LogP contribution >= 0.6 is 0 Å². The normalized spacial score (nSPS) is 36.9. The molecule has 2 rings (SSSR count). The van der Waals surface area contributed by atoms with E-state index in [-0.39, 0.29) is 17.9 Å². The summed E-state index contributed by atoms with van der Waals surface area (Å²) in [5.74, 6) is -0.761. The Morgan fingerprint density at radius 2 is 2.11 bits per heavy atom. The fourth-order valence-corrected chi connectivity index (χ4v) is 3.40. The molecule has 1 heterocycles. The van der Waals surface area contributed by atoms with Gasteiger partial charge < -0.3 is 20.5 Å². The molecule has 0 aromatic carbocycles. The lowest BCUT2D eigenvalue weighted by atomic mass is 9.48. The van der Waals surface area contributed by atoms with Gasteiger partial charge in [0.25, 0.3) is 0 Å². The highest BCUT2D eigenvalue weighted by atomic mass is 16.5. The minimum absolute atomic E-state index is 0.0207. The van der Waals surface area contributed by atoms with E-state index < -0.39 is 23.0 Å². The number of nitrogens with one attached hydrogen (secondary N) is 1. The minimum atomic E-state index is -0.990. The van der Waals surface area contributed by atoms with Crippen molar-refractivity contribution in [3.8, 4) is 0 Å². The molecule has 2 fully saturated rings. The molecule has 4 atom stereocenters. The van der Waals surface area contributed by atoms with Gasteiger partial charge >= 0.3 is 5.97 Å². The van der Waals surface area contributed by atoms with Gasteiger partial charge in [0.1, 0.15) is 11.6 Å². The van der Waals surface area contributed by atoms with Crippen molar-refractivity contribution in [1.29, 1.82) is 0 Å². The quantitative estimate of drug-likeness (QED) is 0.693. The highest BCUT2D eigenvalue weighted by Crippen LogP contribution is 2.58. The SMILES string of the molecule is COC(=O)[C@H](C)NC(=O)C1(N)C2CCOC2C1(C)C. The second kappa shape index (κ2) is 4.45. The Bertz CT molecular complexity index is 409. The lowest BCUT2D eigenvalue weighted by Gasteiger charge is -2.60. The molecule has 3 unspecified atom stereocenters. The second-order valence-corrected chi connectivity index (χ2v) is 6.00. The highest BCUT2D eigenvalue weighted by molar-refractivity contribution is 5.92. The van der Waals surface area contributed by atoms with E-state index in [0.717, 1.165) is 6.42 Å². The van der Waals surface area contributed by atoms with E-state index in [2.05, 4.69) is 10.1 Å². The number of carbonyl (C=O) groups is 2. The third kappa shape index (κ3) is 1.77. The van der Waals surface area contributed by atoms with Crippen molar-refractivity contribution in [3.05, 3.63) is 0 Å². The minimum Gasteiger partial charge on any atom is -0.467 e. The fraction of sp³-hybridized carbons (Fsp3) is 0.846. The molecule has 1 aliphatic heterocycles. The third-order valence-corrected chi connectivity index (χ3v) is 4.73. The van der Waals surface area contributed by atoms with Gasteiger partial charge in [-0.15, -0.1) is 0 Å². The number of methoxy groups -OCH3 is 1. The van der Waals surface area contributed by atoms with E-state index in [0.29, 0.717) is 6.61 Å². The number of rotatable bonds is 3. The predicted octanol–water partition coefficient (Wildman–Crippen LogP) is -0.193. The number of ether oxygens (including phenoxy) is 2. The van der Waals surface area contributed by atoms with E-state index in [1.54, 1.807) is 6.92 Å². The average Bonchev–Trinajstić information content (AvgIpc) is 2.84. The Morgan fingerprint density at radius 1 is 1.47 bits per heavy atom. The van der Waals surface area contributed by atoms with Crippen LogP contribution in [-0.4, -0.2) is 43.3 Å². The molecular formula is C13H22N2O4. The lowest BCUT2D eigenvalue weighted by Crippen LogP contribution is -2.80. The van der Waals surface area contributed by atoms with Crippen molar-refractivity contribution in [2.45, 2.75) is 44.9 Å². The number of nitrogens with two attached hydrogens (primary N) is 1. The first-order valence-corrected chi connectivity index (χ1v) is 6.56. The Balaban J connectivity index is 2.12. The summed E-state index contributed by atoms with van der Waals surface area (Å²) in [6, 6.07) is -0.699. The molecule has 6 nitrogen and oxygen atoms in total. The van der Waals surface area contributed by atoms with Gasteiger partial charge in [-0.05, 0) is 13.3 Å². The summed E-state index contributed by atoms with van der Waals surface area (Å²) >= 11 is 0. The Morgan fingerprint density at radius 3 is 2.68 bits per heavy atom. The monoisotopic (exact) mass is 270 g/mol. The van der Waals surface area contributed by atoms with Gasteiger partial charge in [0.05, 0.1) is 13.2 Å². The summed E-state index contributed by atoms with van der Waals surface area (Å²) in [4.78, 5) is 23.8. The van der Waals surface area contributed by atoms with E-state index in [1.165, 1.54) is 7.11 Å². The largest absolute Gasteiger partial charge is 0.467 e. The summed E-state index contributed by atoms with van der Waals surface area (Å²) in [6.07, 6.45) is 0.807. The van der Waals surface area contributed by atoms with Crippen molar-refractivity contribution in [3.63, 3.8) is 0 Å². The Labute approximate surface area is 113 Å². The molecule has 0 aromatic heterocycles. The second-order valence-electron chi connectivity index (χ2n) is 6.00. The number of carbonyl (C=O) groups excluding carboxylic acids is 2. The lowest BCUT2D eigenvalue weighted by molar-refractivity contribution is -0.176. The summed E-state index contributed by atoms with van der Waals surface area (Å²) in [6.45, 7) is 6.09. The maximum absolute atomic E-state index is 12.4. The number of fused-ring (bicyclic) bond motifs is 1. The van der Waals surface area contributed by atoms with E-state index in [4.69, 9.17) is 10.5 Å². The molecule has 1 aliphatic carbocycles. The molecule has 0 radical (unpaired) electrons. The first-order valence-electron chi connectivity index (χ1n) is 6.56. The van der Waals surface area contributed by atoms with E-state index >= 15 is 0 Å². The summed E-state index contributed by atoms with van der Waals surface area (Å²) in [5.41, 5.74) is 4.93. The summed E-state index contributed by atoms with van der Waals surface area (Å²) in [7, 11) is 1.29. The van der Waals surface area contributed by atoms with Crippen LogP contribution in [0.3, 0.4) is 0 Å². The van der Waals surface area contributed by atoms with Gasteiger partial charge in [0, 0.05) is 17.9 Å². The molecule has 2 aliphatic rings. The van der Waals surface area contributed by atoms with Crippen LogP contribution in [0.25, 0.3) is 0 Å². The molecule has 0 bridgehead atoms. The topological polar surface area (TPSA) is 90.7 Å². The molecule has 6 heteroatoms. The van der Waals surface area contributed by atoms with Gasteiger partial charge in [-0.2, -0.15) is 0 Å². The standard InChI is InChI=1S/C13H22N2O4/c1-7(10(16)18-4)15-11(17)13(14)8-5-6-19-9(8)12(13,2)3/h7-9H,5-6,14H2,1-4H3,(H,15,17)/t7-,8?,9?,13?/m0/s1. The van der Waals surface area contributed by atoms with Gasteiger partial charge in [-0.25, -0.2) is 4.79 Å². The first kappa shape index (κ1) is 14.3. The number of hydrogen-bond donors (Lipinski definition) is 2. The van der Waals surface area contributed by atoms with Crippen LogP contribution in [0.15, 0.2) is 0 Å². The van der Waals surface area contributed by atoms with Crippen LogP contribution < -0.4 is 11.1 Å². The maximum Gasteiger partial charge on any atom is 0.328 e. The van der Waals surface area contributed by atoms with Crippen molar-refractivity contribution >= 4 is 11.9 Å². The van der Waals surface area contributed by atoms with Crippen LogP contribution in [-0.2, 0) is 19.1 Å². The van der Waals surface area contributed by atoms with E-state index in [1.807, 2.05) is 13.8 Å².